The fraction of sp³-hybridized carbons (Fsp3) is 0.333. The van der Waals surface area contributed by atoms with Gasteiger partial charge in [-0.15, -0.1) is 0 Å². The molecule has 174 valence electrons. The number of sulfonamides is 1. The Morgan fingerprint density at radius 2 is 1.91 bits per heavy atom. The van der Waals surface area contributed by atoms with E-state index in [0.29, 0.717) is 31.1 Å². The maximum atomic E-state index is 13.4. The summed E-state index contributed by atoms with van der Waals surface area (Å²) in [5.74, 6) is 0. The van der Waals surface area contributed by atoms with E-state index >= 15 is 0 Å². The van der Waals surface area contributed by atoms with Crippen molar-refractivity contribution in [2.75, 3.05) is 31.5 Å². The number of benzene rings is 2. The standard InChI is InChI=1S/C24H29N5O3S/c1-18-15-25-16-19-7-5-10-22(23(18)19)33(31,32)29-14-11-21(17-29)26-12-6-13-27-24(30)28-20-8-3-2-4-9-20/h2-5,7-10,15-16,21,26H,6,11-14,17H2,1H3,(H2,27,28,30)/t21-/m0/s1. The summed E-state index contributed by atoms with van der Waals surface area (Å²) in [6.45, 7) is 4.03. The van der Waals surface area contributed by atoms with Crippen molar-refractivity contribution in [2.24, 2.45) is 0 Å². The van der Waals surface area contributed by atoms with Crippen LogP contribution in [0.25, 0.3) is 10.8 Å². The van der Waals surface area contributed by atoms with Gasteiger partial charge in [0.15, 0.2) is 0 Å². The van der Waals surface area contributed by atoms with Crippen molar-refractivity contribution < 1.29 is 13.2 Å². The van der Waals surface area contributed by atoms with E-state index < -0.39 is 10.0 Å². The highest BCUT2D eigenvalue weighted by atomic mass is 32.2. The van der Waals surface area contributed by atoms with Gasteiger partial charge >= 0.3 is 6.03 Å². The Morgan fingerprint density at radius 3 is 2.73 bits per heavy atom. The number of pyridine rings is 1. The summed E-state index contributed by atoms with van der Waals surface area (Å²) in [4.78, 5) is 16.4. The number of anilines is 1. The minimum Gasteiger partial charge on any atom is -0.338 e. The Hall–Kier alpha value is -3.01. The van der Waals surface area contributed by atoms with Crippen LogP contribution in [-0.2, 0) is 10.0 Å². The molecule has 0 spiro atoms. The fourth-order valence-electron chi connectivity index (χ4n) is 4.13. The van der Waals surface area contributed by atoms with Crippen molar-refractivity contribution in [3.63, 3.8) is 0 Å². The normalized spacial score (nSPS) is 16.7. The molecule has 1 atom stereocenters. The van der Waals surface area contributed by atoms with Crippen LogP contribution in [0.5, 0.6) is 0 Å². The summed E-state index contributed by atoms with van der Waals surface area (Å²) >= 11 is 0. The number of nitrogens with zero attached hydrogens (tertiary/aromatic N) is 2. The van der Waals surface area contributed by atoms with E-state index in [-0.39, 0.29) is 12.1 Å². The predicted molar refractivity (Wildman–Crippen MR) is 130 cm³/mol. The highest BCUT2D eigenvalue weighted by molar-refractivity contribution is 7.89. The SMILES string of the molecule is Cc1cncc2cccc(S(=O)(=O)N3CC[C@H](NCCCNC(=O)Nc4ccccc4)C3)c12. The van der Waals surface area contributed by atoms with E-state index in [1.807, 2.05) is 43.3 Å². The number of rotatable bonds is 8. The second-order valence-corrected chi connectivity index (χ2v) is 10.1. The maximum Gasteiger partial charge on any atom is 0.319 e. The van der Waals surface area contributed by atoms with E-state index in [4.69, 9.17) is 0 Å². The zero-order chi connectivity index (χ0) is 23.3. The number of carbonyl (C=O) groups excluding carboxylic acids is 1. The van der Waals surface area contributed by atoms with Crippen LogP contribution in [0.2, 0.25) is 0 Å². The van der Waals surface area contributed by atoms with Crippen molar-refractivity contribution in [3.8, 4) is 0 Å². The van der Waals surface area contributed by atoms with Gasteiger partial charge < -0.3 is 16.0 Å². The molecule has 33 heavy (non-hydrogen) atoms. The van der Waals surface area contributed by atoms with Gasteiger partial charge in [0.05, 0.1) is 4.90 Å². The molecule has 1 aromatic heterocycles. The van der Waals surface area contributed by atoms with Crippen LogP contribution in [0.3, 0.4) is 0 Å². The molecule has 1 fully saturated rings. The number of carbonyl (C=O) groups is 1. The van der Waals surface area contributed by atoms with E-state index in [1.165, 1.54) is 0 Å². The third-order valence-corrected chi connectivity index (χ3v) is 7.71. The van der Waals surface area contributed by atoms with Gasteiger partial charge in [-0.1, -0.05) is 30.3 Å². The lowest BCUT2D eigenvalue weighted by Crippen LogP contribution is -2.37. The van der Waals surface area contributed by atoms with E-state index in [0.717, 1.165) is 34.9 Å². The summed E-state index contributed by atoms with van der Waals surface area (Å²) in [6.07, 6.45) is 4.90. The highest BCUT2D eigenvalue weighted by Gasteiger charge is 2.33. The molecule has 4 rings (SSSR count). The first kappa shape index (κ1) is 23.2. The number of amides is 2. The average molecular weight is 468 g/mol. The molecule has 2 aromatic carbocycles. The van der Waals surface area contributed by atoms with Crippen LogP contribution in [0.1, 0.15) is 18.4 Å². The lowest BCUT2D eigenvalue weighted by molar-refractivity contribution is 0.252. The molecular weight excluding hydrogens is 438 g/mol. The summed E-state index contributed by atoms with van der Waals surface area (Å²) < 4.78 is 28.3. The van der Waals surface area contributed by atoms with Gasteiger partial charge in [0.2, 0.25) is 10.0 Å². The minimum absolute atomic E-state index is 0.0932. The quantitative estimate of drug-likeness (QED) is 0.442. The summed E-state index contributed by atoms with van der Waals surface area (Å²) in [7, 11) is -3.60. The Morgan fingerprint density at radius 1 is 1.09 bits per heavy atom. The second-order valence-electron chi connectivity index (χ2n) is 8.21. The van der Waals surface area contributed by atoms with Crippen molar-refractivity contribution in [1.82, 2.24) is 19.9 Å². The van der Waals surface area contributed by atoms with Crippen LogP contribution in [-0.4, -0.2) is 56.0 Å². The number of urea groups is 1. The molecule has 3 N–H and O–H groups in total. The zero-order valence-electron chi connectivity index (χ0n) is 18.6. The Labute approximate surface area is 194 Å². The highest BCUT2D eigenvalue weighted by Crippen LogP contribution is 2.29. The lowest BCUT2D eigenvalue weighted by atomic mass is 10.1. The summed E-state index contributed by atoms with van der Waals surface area (Å²) in [5, 5.41) is 10.6. The smallest absolute Gasteiger partial charge is 0.319 e. The first-order valence-electron chi connectivity index (χ1n) is 11.1. The van der Waals surface area contributed by atoms with E-state index in [2.05, 4.69) is 20.9 Å². The van der Waals surface area contributed by atoms with Gasteiger partial charge in [-0.25, -0.2) is 13.2 Å². The molecule has 3 aromatic rings. The van der Waals surface area contributed by atoms with E-state index in [9.17, 15) is 13.2 Å². The molecule has 1 aliphatic heterocycles. The second kappa shape index (κ2) is 10.3. The number of hydrogen-bond donors (Lipinski definition) is 3. The number of fused-ring (bicyclic) bond motifs is 1. The van der Waals surface area contributed by atoms with Gasteiger partial charge in [0, 0.05) is 54.5 Å². The van der Waals surface area contributed by atoms with Crippen LogP contribution in [0.4, 0.5) is 10.5 Å². The average Bonchev–Trinajstić information content (AvgIpc) is 3.29. The Bertz CT molecular complexity index is 1210. The van der Waals surface area contributed by atoms with Gasteiger partial charge in [-0.05, 0) is 50.1 Å². The maximum absolute atomic E-state index is 13.4. The number of hydrogen-bond acceptors (Lipinski definition) is 5. The molecule has 1 saturated heterocycles. The zero-order valence-corrected chi connectivity index (χ0v) is 19.4. The van der Waals surface area contributed by atoms with Gasteiger partial charge in [0.25, 0.3) is 0 Å². The van der Waals surface area contributed by atoms with Gasteiger partial charge in [-0.3, -0.25) is 4.98 Å². The van der Waals surface area contributed by atoms with Crippen LogP contribution >= 0.6 is 0 Å². The summed E-state index contributed by atoms with van der Waals surface area (Å²) in [6, 6.07) is 14.5. The molecule has 1 aliphatic rings. The largest absolute Gasteiger partial charge is 0.338 e. The Balaban J connectivity index is 1.26. The number of nitrogens with one attached hydrogen (secondary N) is 3. The molecule has 0 radical (unpaired) electrons. The predicted octanol–water partition coefficient (Wildman–Crippen LogP) is 3.11. The first-order chi connectivity index (χ1) is 15.9. The molecular formula is C24H29N5O3S. The van der Waals surface area contributed by atoms with Crippen LogP contribution in [0.15, 0.2) is 65.8 Å². The molecule has 2 heterocycles. The van der Waals surface area contributed by atoms with Crippen molar-refractivity contribution in [2.45, 2.75) is 30.7 Å². The van der Waals surface area contributed by atoms with Crippen LogP contribution < -0.4 is 16.0 Å². The van der Waals surface area contributed by atoms with E-state index in [1.54, 1.807) is 28.8 Å². The van der Waals surface area contributed by atoms with Crippen molar-refractivity contribution >= 4 is 32.5 Å². The van der Waals surface area contributed by atoms with Crippen LogP contribution in [0, 0.1) is 6.92 Å². The molecule has 0 aliphatic carbocycles. The molecule has 2 amide bonds. The summed E-state index contributed by atoms with van der Waals surface area (Å²) in [5.41, 5.74) is 1.60. The van der Waals surface area contributed by atoms with Crippen molar-refractivity contribution in [1.29, 1.82) is 0 Å². The fourth-order valence-corrected chi connectivity index (χ4v) is 5.92. The molecule has 0 bridgehead atoms. The molecule has 0 unspecified atom stereocenters. The molecule has 8 nitrogen and oxygen atoms in total. The van der Waals surface area contributed by atoms with Gasteiger partial charge in [-0.2, -0.15) is 4.31 Å². The third kappa shape index (κ3) is 5.50. The third-order valence-electron chi connectivity index (χ3n) is 5.81. The number of para-hydroxylation sites is 1. The number of aromatic nitrogens is 1. The minimum atomic E-state index is -3.60. The monoisotopic (exact) mass is 467 g/mol. The lowest BCUT2D eigenvalue weighted by Gasteiger charge is -2.19. The Kier molecular flexibility index (Phi) is 7.22. The topological polar surface area (TPSA) is 103 Å². The molecule has 0 saturated carbocycles. The number of aryl methyl sites for hydroxylation is 1. The van der Waals surface area contributed by atoms with Gasteiger partial charge in [0.1, 0.15) is 0 Å². The van der Waals surface area contributed by atoms with Crippen molar-refractivity contribution in [3.05, 3.63) is 66.5 Å². The first-order valence-corrected chi connectivity index (χ1v) is 12.6. The molecule has 9 heteroatoms.